The van der Waals surface area contributed by atoms with Crippen molar-refractivity contribution in [1.82, 2.24) is 0 Å². The zero-order valence-corrected chi connectivity index (χ0v) is 11.7. The van der Waals surface area contributed by atoms with Gasteiger partial charge >= 0.3 is 0 Å². The van der Waals surface area contributed by atoms with Gasteiger partial charge in [-0.05, 0) is 37.9 Å². The Kier molecular flexibility index (Phi) is 5.64. The zero-order valence-electron chi connectivity index (χ0n) is 11.7. The number of carbonyl (C=O) groups is 2. The molecule has 5 nitrogen and oxygen atoms in total. The summed E-state index contributed by atoms with van der Waals surface area (Å²) in [4.78, 5) is 22.9. The third-order valence-corrected chi connectivity index (χ3v) is 3.17. The number of primary amides is 1. The van der Waals surface area contributed by atoms with E-state index >= 15 is 0 Å². The number of benzene rings is 1. The first-order chi connectivity index (χ1) is 9.35. The molecule has 1 aromatic carbocycles. The molecule has 0 aliphatic rings. The van der Waals surface area contributed by atoms with Crippen LogP contribution in [0.15, 0.2) is 12.1 Å². The number of amides is 2. The molecular weight excluding hydrogens is 261 g/mol. The summed E-state index contributed by atoms with van der Waals surface area (Å²) in [5.41, 5.74) is 11.2. The number of rotatable bonds is 6. The van der Waals surface area contributed by atoms with Crippen LogP contribution in [0.4, 0.5) is 10.1 Å². The maximum Gasteiger partial charge on any atom is 0.248 e. The minimum atomic E-state index is -0.740. The fourth-order valence-corrected chi connectivity index (χ4v) is 1.66. The van der Waals surface area contributed by atoms with Gasteiger partial charge in [0.25, 0.3) is 0 Å². The molecule has 2 amide bonds. The largest absolute Gasteiger partial charge is 0.366 e. The van der Waals surface area contributed by atoms with Crippen LogP contribution in [0, 0.1) is 18.7 Å². The molecule has 0 aromatic heterocycles. The van der Waals surface area contributed by atoms with E-state index in [1.165, 1.54) is 13.0 Å². The standard InChI is InChI=1S/C14H20FN3O2/c1-8(7-16)3-4-13(19)18-12-6-10(14(17)20)5-11(15)9(12)2/h5-6,8H,3-4,7,16H2,1-2H3,(H2,17,20)(H,18,19). The molecule has 0 radical (unpaired) electrons. The molecule has 0 bridgehead atoms. The van der Waals surface area contributed by atoms with Crippen LogP contribution in [0.1, 0.15) is 35.7 Å². The van der Waals surface area contributed by atoms with Crippen molar-refractivity contribution in [1.29, 1.82) is 0 Å². The van der Waals surface area contributed by atoms with E-state index in [9.17, 15) is 14.0 Å². The van der Waals surface area contributed by atoms with Gasteiger partial charge in [0.2, 0.25) is 11.8 Å². The van der Waals surface area contributed by atoms with Crippen molar-refractivity contribution >= 4 is 17.5 Å². The highest BCUT2D eigenvalue weighted by Gasteiger charge is 2.13. The Hall–Kier alpha value is -1.95. The van der Waals surface area contributed by atoms with E-state index in [0.717, 1.165) is 6.07 Å². The van der Waals surface area contributed by atoms with E-state index in [1.54, 1.807) is 0 Å². The minimum Gasteiger partial charge on any atom is -0.366 e. The van der Waals surface area contributed by atoms with Gasteiger partial charge in [0, 0.05) is 23.2 Å². The van der Waals surface area contributed by atoms with Gasteiger partial charge in [0.1, 0.15) is 5.82 Å². The van der Waals surface area contributed by atoms with Crippen molar-refractivity contribution in [3.8, 4) is 0 Å². The van der Waals surface area contributed by atoms with Crippen molar-refractivity contribution in [2.24, 2.45) is 17.4 Å². The van der Waals surface area contributed by atoms with Gasteiger partial charge in [-0.1, -0.05) is 6.92 Å². The number of nitrogens with two attached hydrogens (primary N) is 2. The van der Waals surface area contributed by atoms with Crippen molar-refractivity contribution in [3.63, 3.8) is 0 Å². The lowest BCUT2D eigenvalue weighted by Gasteiger charge is -2.12. The average molecular weight is 281 g/mol. The third kappa shape index (κ3) is 4.31. The second-order valence-corrected chi connectivity index (χ2v) is 4.92. The lowest BCUT2D eigenvalue weighted by Crippen LogP contribution is -2.18. The molecule has 0 saturated carbocycles. The molecule has 1 atom stereocenters. The second kappa shape index (κ2) is 7.00. The molecule has 1 unspecified atom stereocenters. The molecule has 0 heterocycles. The monoisotopic (exact) mass is 281 g/mol. The van der Waals surface area contributed by atoms with Crippen LogP contribution in [-0.2, 0) is 4.79 Å². The fraction of sp³-hybridized carbons (Fsp3) is 0.429. The first kappa shape index (κ1) is 16.1. The number of hydrogen-bond donors (Lipinski definition) is 3. The molecule has 20 heavy (non-hydrogen) atoms. The number of hydrogen-bond acceptors (Lipinski definition) is 3. The maximum atomic E-state index is 13.6. The van der Waals surface area contributed by atoms with E-state index in [2.05, 4.69) is 5.32 Å². The summed E-state index contributed by atoms with van der Waals surface area (Å²) in [5.74, 6) is -1.31. The van der Waals surface area contributed by atoms with Crippen molar-refractivity contribution in [3.05, 3.63) is 29.1 Å². The predicted octanol–water partition coefficient (Wildman–Crippen LogP) is 1.55. The van der Waals surface area contributed by atoms with Crippen LogP contribution in [0.5, 0.6) is 0 Å². The Labute approximate surface area is 117 Å². The summed E-state index contributed by atoms with van der Waals surface area (Å²) in [6, 6.07) is 2.44. The maximum absolute atomic E-state index is 13.6. The van der Waals surface area contributed by atoms with Crippen molar-refractivity contribution in [2.45, 2.75) is 26.7 Å². The Balaban J connectivity index is 2.81. The predicted molar refractivity (Wildman–Crippen MR) is 75.7 cm³/mol. The average Bonchev–Trinajstić information content (AvgIpc) is 2.40. The van der Waals surface area contributed by atoms with Gasteiger partial charge in [-0.2, -0.15) is 0 Å². The molecule has 1 aromatic rings. The second-order valence-electron chi connectivity index (χ2n) is 4.92. The van der Waals surface area contributed by atoms with Gasteiger partial charge in [0.15, 0.2) is 0 Å². The first-order valence-electron chi connectivity index (χ1n) is 6.45. The number of halogens is 1. The van der Waals surface area contributed by atoms with Crippen molar-refractivity contribution in [2.75, 3.05) is 11.9 Å². The highest BCUT2D eigenvalue weighted by atomic mass is 19.1. The van der Waals surface area contributed by atoms with Crippen LogP contribution in [0.25, 0.3) is 0 Å². The molecule has 6 heteroatoms. The Morgan fingerprint density at radius 1 is 1.40 bits per heavy atom. The quantitative estimate of drug-likeness (QED) is 0.737. The van der Waals surface area contributed by atoms with E-state index in [1.807, 2.05) is 6.92 Å². The summed E-state index contributed by atoms with van der Waals surface area (Å²) in [6.45, 7) is 3.99. The SMILES string of the molecule is Cc1c(F)cc(C(N)=O)cc1NC(=O)CCC(C)CN. The molecular formula is C14H20FN3O2. The van der Waals surface area contributed by atoms with Crippen LogP contribution >= 0.6 is 0 Å². The summed E-state index contributed by atoms with van der Waals surface area (Å²) in [6.07, 6.45) is 0.944. The van der Waals surface area contributed by atoms with E-state index in [-0.39, 0.29) is 28.6 Å². The molecule has 110 valence electrons. The topological polar surface area (TPSA) is 98.2 Å². The lowest BCUT2D eigenvalue weighted by molar-refractivity contribution is -0.116. The van der Waals surface area contributed by atoms with Crippen LogP contribution in [-0.4, -0.2) is 18.4 Å². The summed E-state index contributed by atoms with van der Waals surface area (Å²) >= 11 is 0. The number of carbonyl (C=O) groups excluding carboxylic acids is 2. The highest BCUT2D eigenvalue weighted by Crippen LogP contribution is 2.21. The first-order valence-corrected chi connectivity index (χ1v) is 6.45. The molecule has 5 N–H and O–H groups in total. The smallest absolute Gasteiger partial charge is 0.248 e. The lowest BCUT2D eigenvalue weighted by atomic mass is 10.1. The van der Waals surface area contributed by atoms with Gasteiger partial charge < -0.3 is 16.8 Å². The van der Waals surface area contributed by atoms with Gasteiger partial charge in [-0.3, -0.25) is 9.59 Å². The fourth-order valence-electron chi connectivity index (χ4n) is 1.66. The van der Waals surface area contributed by atoms with E-state index in [0.29, 0.717) is 19.4 Å². The molecule has 0 spiro atoms. The van der Waals surface area contributed by atoms with Gasteiger partial charge in [0.05, 0.1) is 0 Å². The summed E-state index contributed by atoms with van der Waals surface area (Å²) in [7, 11) is 0. The Bertz CT molecular complexity index is 517. The Morgan fingerprint density at radius 3 is 2.60 bits per heavy atom. The van der Waals surface area contributed by atoms with Crippen LogP contribution in [0.2, 0.25) is 0 Å². The molecule has 0 aliphatic carbocycles. The van der Waals surface area contributed by atoms with Crippen LogP contribution < -0.4 is 16.8 Å². The van der Waals surface area contributed by atoms with E-state index < -0.39 is 11.7 Å². The number of nitrogens with one attached hydrogen (secondary N) is 1. The van der Waals surface area contributed by atoms with Gasteiger partial charge in [-0.15, -0.1) is 0 Å². The Morgan fingerprint density at radius 2 is 2.05 bits per heavy atom. The zero-order chi connectivity index (χ0) is 15.3. The third-order valence-electron chi connectivity index (χ3n) is 3.17. The summed E-state index contributed by atoms with van der Waals surface area (Å²) in [5, 5.41) is 2.60. The highest BCUT2D eigenvalue weighted by molar-refractivity contribution is 5.97. The molecule has 0 saturated heterocycles. The molecule has 1 rings (SSSR count). The summed E-state index contributed by atoms with van der Waals surface area (Å²) < 4.78 is 13.6. The molecule has 0 aliphatic heterocycles. The molecule has 0 fully saturated rings. The minimum absolute atomic E-state index is 0.0266. The van der Waals surface area contributed by atoms with E-state index in [4.69, 9.17) is 11.5 Å². The number of anilines is 1. The normalized spacial score (nSPS) is 12.0. The van der Waals surface area contributed by atoms with Crippen molar-refractivity contribution < 1.29 is 14.0 Å². The van der Waals surface area contributed by atoms with Crippen LogP contribution in [0.3, 0.4) is 0 Å². The van der Waals surface area contributed by atoms with Gasteiger partial charge in [-0.25, -0.2) is 4.39 Å².